The molecule has 0 bridgehead atoms. The van der Waals surface area contributed by atoms with Crippen LogP contribution in [0.4, 0.5) is 5.69 Å². The van der Waals surface area contributed by atoms with Gasteiger partial charge in [0.1, 0.15) is 5.82 Å². The minimum Gasteiger partial charge on any atom is -0.354 e. The van der Waals surface area contributed by atoms with Crippen LogP contribution in [0.15, 0.2) is 53.8 Å². The summed E-state index contributed by atoms with van der Waals surface area (Å²) in [6.45, 7) is 0. The fraction of sp³-hybridized carbons (Fsp3) is 0.235. The van der Waals surface area contributed by atoms with Gasteiger partial charge < -0.3 is 14.5 Å². The number of amides is 1. The van der Waals surface area contributed by atoms with Gasteiger partial charge in [0.15, 0.2) is 5.16 Å². The molecule has 0 aliphatic heterocycles. The molecule has 24 heavy (non-hydrogen) atoms. The molecule has 1 amide bonds. The maximum Gasteiger partial charge on any atom is 0.234 e. The van der Waals surface area contributed by atoms with Gasteiger partial charge in [0.05, 0.1) is 5.75 Å². The Bertz CT molecular complexity index is 825. The van der Waals surface area contributed by atoms with Crippen LogP contribution in [0, 0.1) is 0 Å². The van der Waals surface area contributed by atoms with Crippen molar-refractivity contribution in [2.75, 3.05) is 11.1 Å². The molecule has 2 heterocycles. The molecule has 1 N–H and O–H groups in total. The second kappa shape index (κ2) is 7.35. The highest BCUT2D eigenvalue weighted by Crippen LogP contribution is 2.18. The van der Waals surface area contributed by atoms with Crippen molar-refractivity contribution in [2.24, 2.45) is 14.1 Å². The van der Waals surface area contributed by atoms with Crippen molar-refractivity contribution in [3.05, 3.63) is 60.2 Å². The average Bonchev–Trinajstić information content (AvgIpc) is 3.14. The lowest BCUT2D eigenvalue weighted by Gasteiger charge is -2.06. The maximum absolute atomic E-state index is 12.0. The minimum atomic E-state index is -0.0572. The zero-order valence-electron chi connectivity index (χ0n) is 13.6. The summed E-state index contributed by atoms with van der Waals surface area (Å²) >= 11 is 1.38. The van der Waals surface area contributed by atoms with Crippen molar-refractivity contribution in [3.63, 3.8) is 0 Å². The third kappa shape index (κ3) is 3.86. The van der Waals surface area contributed by atoms with Gasteiger partial charge >= 0.3 is 0 Å². The predicted molar refractivity (Wildman–Crippen MR) is 95.0 cm³/mol. The molecule has 0 saturated heterocycles. The average molecular weight is 341 g/mol. The Kier molecular flexibility index (Phi) is 5.00. The summed E-state index contributed by atoms with van der Waals surface area (Å²) in [5, 5.41) is 12.0. The number of hydrogen-bond donors (Lipinski definition) is 1. The molecule has 0 aliphatic carbocycles. The monoisotopic (exact) mass is 341 g/mol. The van der Waals surface area contributed by atoms with Gasteiger partial charge in [0.2, 0.25) is 5.91 Å². The highest BCUT2D eigenvalue weighted by Gasteiger charge is 2.13. The molecular formula is C17H19N5OS. The molecular weight excluding hydrogens is 322 g/mol. The fourth-order valence-electron chi connectivity index (χ4n) is 2.32. The first kappa shape index (κ1) is 16.3. The molecule has 3 rings (SSSR count). The number of anilines is 1. The lowest BCUT2D eigenvalue weighted by atomic mass is 10.3. The molecule has 0 fully saturated rings. The van der Waals surface area contributed by atoms with Gasteiger partial charge in [-0.05, 0) is 24.3 Å². The highest BCUT2D eigenvalue weighted by atomic mass is 32.2. The van der Waals surface area contributed by atoms with Crippen LogP contribution in [-0.2, 0) is 25.3 Å². The molecule has 0 unspecified atom stereocenters. The van der Waals surface area contributed by atoms with E-state index in [1.807, 2.05) is 61.3 Å². The molecule has 0 spiro atoms. The van der Waals surface area contributed by atoms with Gasteiger partial charge in [-0.2, -0.15) is 0 Å². The van der Waals surface area contributed by atoms with E-state index in [1.54, 1.807) is 0 Å². The first-order valence-electron chi connectivity index (χ1n) is 7.59. The maximum atomic E-state index is 12.0. The van der Waals surface area contributed by atoms with Crippen LogP contribution in [0.2, 0.25) is 0 Å². The Morgan fingerprint density at radius 2 is 1.92 bits per heavy atom. The SMILES string of the molecule is Cn1cccc1Cc1nnc(SCC(=O)Nc2ccccc2)n1C. The number of nitrogens with one attached hydrogen (secondary N) is 1. The number of carbonyl (C=O) groups excluding carboxylic acids is 1. The Labute approximate surface area is 144 Å². The third-order valence-electron chi connectivity index (χ3n) is 3.71. The van der Waals surface area contributed by atoms with Crippen molar-refractivity contribution in [3.8, 4) is 0 Å². The van der Waals surface area contributed by atoms with E-state index >= 15 is 0 Å². The van der Waals surface area contributed by atoms with E-state index in [2.05, 4.69) is 26.1 Å². The van der Waals surface area contributed by atoms with E-state index in [4.69, 9.17) is 0 Å². The van der Waals surface area contributed by atoms with Gasteiger partial charge in [0, 0.05) is 38.1 Å². The van der Waals surface area contributed by atoms with Gasteiger partial charge in [-0.1, -0.05) is 30.0 Å². The molecule has 3 aromatic rings. The van der Waals surface area contributed by atoms with Gasteiger partial charge in [-0.15, -0.1) is 10.2 Å². The molecule has 2 aromatic heterocycles. The van der Waals surface area contributed by atoms with Crippen LogP contribution in [0.3, 0.4) is 0 Å². The van der Waals surface area contributed by atoms with Crippen LogP contribution >= 0.6 is 11.8 Å². The van der Waals surface area contributed by atoms with E-state index in [-0.39, 0.29) is 5.91 Å². The largest absolute Gasteiger partial charge is 0.354 e. The number of benzene rings is 1. The van der Waals surface area contributed by atoms with Crippen molar-refractivity contribution in [1.82, 2.24) is 19.3 Å². The number of aromatic nitrogens is 4. The summed E-state index contributed by atoms with van der Waals surface area (Å²) in [6.07, 6.45) is 2.72. The van der Waals surface area contributed by atoms with Crippen LogP contribution < -0.4 is 5.32 Å². The number of aryl methyl sites for hydroxylation is 1. The van der Waals surface area contributed by atoms with Crippen LogP contribution in [0.1, 0.15) is 11.5 Å². The van der Waals surface area contributed by atoms with E-state index in [0.29, 0.717) is 12.2 Å². The van der Waals surface area contributed by atoms with E-state index in [0.717, 1.165) is 16.7 Å². The minimum absolute atomic E-state index is 0.0572. The van der Waals surface area contributed by atoms with Crippen LogP contribution in [0.5, 0.6) is 0 Å². The number of nitrogens with zero attached hydrogens (tertiary/aromatic N) is 4. The van der Waals surface area contributed by atoms with E-state index in [9.17, 15) is 4.79 Å². The van der Waals surface area contributed by atoms with Crippen molar-refractivity contribution in [1.29, 1.82) is 0 Å². The summed E-state index contributed by atoms with van der Waals surface area (Å²) in [4.78, 5) is 12.0. The highest BCUT2D eigenvalue weighted by molar-refractivity contribution is 7.99. The zero-order chi connectivity index (χ0) is 16.9. The quantitative estimate of drug-likeness (QED) is 0.700. The third-order valence-corrected chi connectivity index (χ3v) is 4.73. The lowest BCUT2D eigenvalue weighted by Crippen LogP contribution is -2.14. The Morgan fingerprint density at radius 1 is 1.12 bits per heavy atom. The van der Waals surface area contributed by atoms with Crippen molar-refractivity contribution < 1.29 is 4.79 Å². The zero-order valence-corrected chi connectivity index (χ0v) is 14.5. The molecule has 124 valence electrons. The van der Waals surface area contributed by atoms with Crippen molar-refractivity contribution in [2.45, 2.75) is 11.6 Å². The Hall–Kier alpha value is -2.54. The number of rotatable bonds is 6. The predicted octanol–water partition coefficient (Wildman–Crippen LogP) is 2.48. The fourth-order valence-corrected chi connectivity index (χ4v) is 3.05. The van der Waals surface area contributed by atoms with Crippen LogP contribution in [0.25, 0.3) is 0 Å². The molecule has 0 saturated carbocycles. The summed E-state index contributed by atoms with van der Waals surface area (Å²) < 4.78 is 4.00. The van der Waals surface area contributed by atoms with E-state index < -0.39 is 0 Å². The summed E-state index contributed by atoms with van der Waals surface area (Å²) in [6, 6.07) is 13.5. The Balaban J connectivity index is 1.58. The summed E-state index contributed by atoms with van der Waals surface area (Å²) in [5.41, 5.74) is 1.97. The van der Waals surface area contributed by atoms with Gasteiger partial charge in [-0.3, -0.25) is 4.79 Å². The topological polar surface area (TPSA) is 64.7 Å². The second-order valence-electron chi connectivity index (χ2n) is 5.45. The second-order valence-corrected chi connectivity index (χ2v) is 6.39. The van der Waals surface area contributed by atoms with Crippen LogP contribution in [-0.4, -0.2) is 31.0 Å². The summed E-state index contributed by atoms with van der Waals surface area (Å²) in [7, 11) is 3.94. The Morgan fingerprint density at radius 3 is 2.62 bits per heavy atom. The first-order chi connectivity index (χ1) is 11.6. The molecule has 0 atom stereocenters. The smallest absolute Gasteiger partial charge is 0.234 e. The molecule has 7 heteroatoms. The number of hydrogen-bond acceptors (Lipinski definition) is 4. The summed E-state index contributed by atoms with van der Waals surface area (Å²) in [5.74, 6) is 1.12. The number of para-hydroxylation sites is 1. The molecule has 6 nitrogen and oxygen atoms in total. The van der Waals surface area contributed by atoms with Crippen molar-refractivity contribution >= 4 is 23.4 Å². The lowest BCUT2D eigenvalue weighted by molar-refractivity contribution is -0.113. The molecule has 1 aromatic carbocycles. The molecule has 0 aliphatic rings. The number of thioether (sulfide) groups is 1. The number of carbonyl (C=O) groups is 1. The normalized spacial score (nSPS) is 10.8. The van der Waals surface area contributed by atoms with E-state index in [1.165, 1.54) is 17.5 Å². The molecule has 0 radical (unpaired) electrons. The first-order valence-corrected chi connectivity index (χ1v) is 8.58. The van der Waals surface area contributed by atoms with Gasteiger partial charge in [0.25, 0.3) is 0 Å². The van der Waals surface area contributed by atoms with Gasteiger partial charge in [-0.25, -0.2) is 0 Å². The standard InChI is InChI=1S/C17H19N5OS/c1-21-10-6-9-14(21)11-15-19-20-17(22(15)2)24-12-16(23)18-13-7-4-3-5-8-13/h3-10H,11-12H2,1-2H3,(H,18,23).